The molecule has 84 valence electrons. The van der Waals surface area contributed by atoms with Crippen LogP contribution in [0.1, 0.15) is 40.0 Å². The molecular formula is C11H23NO2. The number of hydrogen-bond acceptors (Lipinski definition) is 2. The lowest BCUT2D eigenvalue weighted by molar-refractivity contribution is 0.105. The Balaban J connectivity index is 0.000000791. The molecule has 3 heteroatoms. The van der Waals surface area contributed by atoms with Crippen molar-refractivity contribution in [2.45, 2.75) is 40.0 Å². The fraction of sp³-hybridized carbons (Fsp3) is 0.909. The van der Waals surface area contributed by atoms with E-state index in [0.717, 1.165) is 31.8 Å². The van der Waals surface area contributed by atoms with Gasteiger partial charge in [-0.2, -0.15) is 0 Å². The quantitative estimate of drug-likeness (QED) is 0.653. The number of carbonyl (C=O) groups is 1. The molecule has 1 heterocycles. The Morgan fingerprint density at radius 1 is 1.36 bits per heavy atom. The van der Waals surface area contributed by atoms with Crippen LogP contribution in [0.15, 0.2) is 0 Å². The molecule has 0 spiro atoms. The summed E-state index contributed by atoms with van der Waals surface area (Å²) >= 11 is 0. The minimum atomic E-state index is -0.176. The fourth-order valence-corrected chi connectivity index (χ4v) is 1.65. The molecule has 0 N–H and O–H groups in total. The third-order valence-electron chi connectivity index (χ3n) is 2.62. The summed E-state index contributed by atoms with van der Waals surface area (Å²) in [5.74, 6) is 0.811. The molecule has 1 amide bonds. The monoisotopic (exact) mass is 201 g/mol. The molecule has 0 saturated carbocycles. The first-order valence-corrected chi connectivity index (χ1v) is 5.60. The Labute approximate surface area is 87.4 Å². The summed E-state index contributed by atoms with van der Waals surface area (Å²) in [6.45, 7) is 7.94. The van der Waals surface area contributed by atoms with Crippen LogP contribution in [-0.2, 0) is 4.74 Å². The minimum absolute atomic E-state index is 0.176. The first kappa shape index (κ1) is 13.3. The Morgan fingerprint density at radius 2 is 1.86 bits per heavy atom. The van der Waals surface area contributed by atoms with Gasteiger partial charge in [0.2, 0.25) is 0 Å². The number of hydrogen-bond donors (Lipinski definition) is 0. The van der Waals surface area contributed by atoms with Gasteiger partial charge in [0, 0.05) is 13.1 Å². The van der Waals surface area contributed by atoms with E-state index in [1.54, 1.807) is 4.90 Å². The van der Waals surface area contributed by atoms with Crippen LogP contribution in [-0.4, -0.2) is 31.2 Å². The number of rotatable bonds is 1. The molecule has 0 aromatic rings. The first-order valence-electron chi connectivity index (χ1n) is 5.60. The van der Waals surface area contributed by atoms with Crippen molar-refractivity contribution in [1.82, 2.24) is 4.90 Å². The van der Waals surface area contributed by atoms with Crippen molar-refractivity contribution >= 4 is 6.09 Å². The lowest BCUT2D eigenvalue weighted by atomic mass is 9.95. The number of likely N-dealkylation sites (tertiary alicyclic amines) is 1. The molecular weight excluding hydrogens is 178 g/mol. The van der Waals surface area contributed by atoms with Crippen molar-refractivity contribution in [3.8, 4) is 0 Å². The molecule has 0 aliphatic carbocycles. The van der Waals surface area contributed by atoms with Crippen LogP contribution in [0.4, 0.5) is 4.79 Å². The van der Waals surface area contributed by atoms with Crippen LogP contribution < -0.4 is 0 Å². The number of ether oxygens (including phenoxy) is 1. The predicted molar refractivity (Wildman–Crippen MR) is 58.3 cm³/mol. The minimum Gasteiger partial charge on any atom is -0.453 e. The van der Waals surface area contributed by atoms with Crippen molar-refractivity contribution in [2.75, 3.05) is 20.2 Å². The van der Waals surface area contributed by atoms with Gasteiger partial charge in [0.1, 0.15) is 0 Å². The molecule has 3 nitrogen and oxygen atoms in total. The number of carbonyl (C=O) groups excluding carboxylic acids is 1. The summed E-state index contributed by atoms with van der Waals surface area (Å²) in [5, 5.41) is 0. The van der Waals surface area contributed by atoms with E-state index >= 15 is 0 Å². The largest absolute Gasteiger partial charge is 0.453 e. The summed E-state index contributed by atoms with van der Waals surface area (Å²) in [6, 6.07) is 0. The summed E-state index contributed by atoms with van der Waals surface area (Å²) in [4.78, 5) is 12.8. The van der Waals surface area contributed by atoms with Gasteiger partial charge in [-0.3, -0.25) is 0 Å². The van der Waals surface area contributed by atoms with Crippen molar-refractivity contribution in [3.63, 3.8) is 0 Å². The van der Waals surface area contributed by atoms with Crippen molar-refractivity contribution < 1.29 is 9.53 Å². The third kappa shape index (κ3) is 3.99. The predicted octanol–water partition coefficient (Wildman–Crippen LogP) is 2.90. The maximum Gasteiger partial charge on any atom is 0.409 e. The second-order valence-electron chi connectivity index (χ2n) is 3.31. The zero-order valence-corrected chi connectivity index (χ0v) is 9.88. The van der Waals surface area contributed by atoms with Gasteiger partial charge in [-0.05, 0) is 18.8 Å². The summed E-state index contributed by atoms with van der Waals surface area (Å²) in [7, 11) is 1.44. The van der Waals surface area contributed by atoms with Crippen molar-refractivity contribution in [1.29, 1.82) is 0 Å². The van der Waals surface area contributed by atoms with Crippen LogP contribution in [0.2, 0.25) is 0 Å². The molecule has 0 radical (unpaired) electrons. The average molecular weight is 201 g/mol. The second kappa shape index (κ2) is 7.65. The first-order chi connectivity index (χ1) is 6.77. The summed E-state index contributed by atoms with van der Waals surface area (Å²) in [5.41, 5.74) is 0. The van der Waals surface area contributed by atoms with Crippen LogP contribution >= 0.6 is 0 Å². The van der Waals surface area contributed by atoms with Crippen LogP contribution in [0.5, 0.6) is 0 Å². The van der Waals surface area contributed by atoms with Crippen LogP contribution in [0.25, 0.3) is 0 Å². The maximum atomic E-state index is 11.1. The Bertz CT molecular complexity index is 151. The second-order valence-corrected chi connectivity index (χ2v) is 3.31. The Morgan fingerprint density at radius 3 is 2.21 bits per heavy atom. The lowest BCUT2D eigenvalue weighted by Crippen LogP contribution is -2.38. The lowest BCUT2D eigenvalue weighted by Gasteiger charge is -2.30. The molecule has 1 aliphatic rings. The fourth-order valence-electron chi connectivity index (χ4n) is 1.65. The Kier molecular flexibility index (Phi) is 7.25. The van der Waals surface area contributed by atoms with E-state index in [9.17, 15) is 4.79 Å². The van der Waals surface area contributed by atoms with E-state index in [1.165, 1.54) is 13.5 Å². The van der Waals surface area contributed by atoms with Gasteiger partial charge in [-0.1, -0.05) is 27.2 Å². The average Bonchev–Trinajstić information content (AvgIpc) is 2.31. The van der Waals surface area contributed by atoms with E-state index in [2.05, 4.69) is 11.7 Å². The normalized spacial score (nSPS) is 17.0. The van der Waals surface area contributed by atoms with Gasteiger partial charge in [-0.15, -0.1) is 0 Å². The van der Waals surface area contributed by atoms with E-state index in [-0.39, 0.29) is 6.09 Å². The molecule has 1 saturated heterocycles. The number of amides is 1. The van der Waals surface area contributed by atoms with Crippen molar-refractivity contribution in [3.05, 3.63) is 0 Å². The standard InChI is InChI=1S/C9H17NO2.C2H6/c1-3-8-4-6-10(7-5-8)9(11)12-2;1-2/h8H,3-7H2,1-2H3;1-2H3. The van der Waals surface area contributed by atoms with Gasteiger partial charge in [-0.25, -0.2) is 4.79 Å². The highest BCUT2D eigenvalue weighted by Crippen LogP contribution is 2.19. The number of methoxy groups -OCH3 is 1. The smallest absolute Gasteiger partial charge is 0.409 e. The molecule has 1 fully saturated rings. The molecule has 0 atom stereocenters. The van der Waals surface area contributed by atoms with Gasteiger partial charge < -0.3 is 9.64 Å². The summed E-state index contributed by atoms with van der Waals surface area (Å²) < 4.78 is 4.65. The highest BCUT2D eigenvalue weighted by atomic mass is 16.5. The molecule has 14 heavy (non-hydrogen) atoms. The molecule has 0 aromatic heterocycles. The molecule has 1 aliphatic heterocycles. The summed E-state index contributed by atoms with van der Waals surface area (Å²) in [6.07, 6.45) is 3.32. The van der Waals surface area contributed by atoms with Gasteiger partial charge >= 0.3 is 6.09 Å². The van der Waals surface area contributed by atoms with E-state index < -0.39 is 0 Å². The van der Waals surface area contributed by atoms with Crippen molar-refractivity contribution in [2.24, 2.45) is 5.92 Å². The molecule has 1 rings (SSSR count). The van der Waals surface area contributed by atoms with E-state index in [1.807, 2.05) is 13.8 Å². The van der Waals surface area contributed by atoms with Gasteiger partial charge in [0.05, 0.1) is 7.11 Å². The highest BCUT2D eigenvalue weighted by molar-refractivity contribution is 5.67. The number of nitrogens with zero attached hydrogens (tertiary/aromatic N) is 1. The van der Waals surface area contributed by atoms with Crippen LogP contribution in [0, 0.1) is 5.92 Å². The van der Waals surface area contributed by atoms with Gasteiger partial charge in [0.25, 0.3) is 0 Å². The third-order valence-corrected chi connectivity index (χ3v) is 2.62. The zero-order chi connectivity index (χ0) is 11.0. The van der Waals surface area contributed by atoms with E-state index in [4.69, 9.17) is 0 Å². The van der Waals surface area contributed by atoms with Crippen LogP contribution in [0.3, 0.4) is 0 Å². The topological polar surface area (TPSA) is 29.5 Å². The molecule has 0 bridgehead atoms. The molecule has 0 unspecified atom stereocenters. The molecule has 0 aromatic carbocycles. The Hall–Kier alpha value is -0.730. The number of piperidine rings is 1. The SMILES string of the molecule is CC.CCC1CCN(C(=O)OC)CC1. The van der Waals surface area contributed by atoms with Gasteiger partial charge in [0.15, 0.2) is 0 Å². The zero-order valence-electron chi connectivity index (χ0n) is 9.88. The van der Waals surface area contributed by atoms with E-state index in [0.29, 0.717) is 0 Å². The highest BCUT2D eigenvalue weighted by Gasteiger charge is 2.21. The maximum absolute atomic E-state index is 11.1.